The zero-order chi connectivity index (χ0) is 24.5. The van der Waals surface area contributed by atoms with Crippen LogP contribution in [0, 0.1) is 5.92 Å². The van der Waals surface area contributed by atoms with Gasteiger partial charge in [-0.05, 0) is 30.5 Å². The maximum atomic E-state index is 13.1. The van der Waals surface area contributed by atoms with Crippen molar-refractivity contribution in [1.82, 2.24) is 10.2 Å². The Kier molecular flexibility index (Phi) is 8.54. The number of cyclic esters (lactones) is 1. The van der Waals surface area contributed by atoms with E-state index in [2.05, 4.69) is 22.3 Å². The lowest BCUT2D eigenvalue weighted by atomic mass is 9.98. The van der Waals surface area contributed by atoms with Gasteiger partial charge in [0.05, 0.1) is 12.5 Å². The number of hydrogen-bond acceptors (Lipinski definition) is 5. The molecule has 0 aromatic heterocycles. The Labute approximate surface area is 206 Å². The van der Waals surface area contributed by atoms with Crippen molar-refractivity contribution in [3.05, 3.63) is 78.4 Å². The predicted molar refractivity (Wildman–Crippen MR) is 135 cm³/mol. The van der Waals surface area contributed by atoms with Crippen molar-refractivity contribution in [3.63, 3.8) is 0 Å². The number of allylic oxidation sites excluding steroid dienone is 2. The zero-order valence-corrected chi connectivity index (χ0v) is 20.0. The number of piperazine rings is 1. The van der Waals surface area contributed by atoms with Crippen molar-refractivity contribution in [2.75, 3.05) is 37.6 Å². The van der Waals surface area contributed by atoms with Crippen LogP contribution in [-0.2, 0) is 19.1 Å². The minimum absolute atomic E-state index is 0.00407. The fraction of sp³-hybridized carbons (Fsp3) is 0.393. The maximum Gasteiger partial charge on any atom is 0.306 e. The first-order valence-electron chi connectivity index (χ1n) is 12.3. The topological polar surface area (TPSA) is 79.0 Å². The summed E-state index contributed by atoms with van der Waals surface area (Å²) < 4.78 is 5.65. The Balaban J connectivity index is 1.37. The zero-order valence-electron chi connectivity index (χ0n) is 20.0. The first kappa shape index (κ1) is 24.5. The number of carbonyl (C=O) groups excluding carboxylic acids is 3. The second-order valence-corrected chi connectivity index (χ2v) is 8.98. The van der Waals surface area contributed by atoms with Gasteiger partial charge in [-0.1, -0.05) is 60.7 Å². The van der Waals surface area contributed by atoms with E-state index in [9.17, 15) is 14.4 Å². The molecule has 2 amide bonds. The molecule has 35 heavy (non-hydrogen) atoms. The van der Waals surface area contributed by atoms with E-state index in [4.69, 9.17) is 4.74 Å². The summed E-state index contributed by atoms with van der Waals surface area (Å²) in [6.07, 6.45) is 4.69. The molecule has 2 aliphatic rings. The standard InChI is InChI=1S/C28H33N3O4/c32-26(31-18-16-30(17-19-31)24-13-7-3-8-14-24)20-23-12-6-2-9-15-27(33)35-25(21-29-28(23)34)22-10-4-1-5-11-22/h1-8,10-11,13-14,23,25H,9,12,15-21H2,(H,29,34)/t23-,25-/m0/s1. The Hall–Kier alpha value is -3.61. The van der Waals surface area contributed by atoms with E-state index in [1.165, 1.54) is 0 Å². The highest BCUT2D eigenvalue weighted by molar-refractivity contribution is 5.86. The highest BCUT2D eigenvalue weighted by Gasteiger charge is 2.28. The fourth-order valence-corrected chi connectivity index (χ4v) is 4.51. The molecule has 0 unspecified atom stereocenters. The molecular formula is C28H33N3O4. The Morgan fingerprint density at radius 1 is 0.914 bits per heavy atom. The molecule has 1 fully saturated rings. The van der Waals surface area contributed by atoms with Crippen LogP contribution < -0.4 is 10.2 Å². The third-order valence-electron chi connectivity index (χ3n) is 6.55. The molecule has 7 heteroatoms. The molecule has 2 aromatic carbocycles. The van der Waals surface area contributed by atoms with Gasteiger partial charge in [-0.15, -0.1) is 0 Å². The van der Waals surface area contributed by atoms with Gasteiger partial charge in [0.15, 0.2) is 0 Å². The van der Waals surface area contributed by atoms with E-state index in [-0.39, 0.29) is 37.2 Å². The summed E-state index contributed by atoms with van der Waals surface area (Å²) in [6.45, 7) is 3.01. The van der Waals surface area contributed by atoms with Crippen molar-refractivity contribution in [2.24, 2.45) is 5.92 Å². The van der Waals surface area contributed by atoms with Crippen LogP contribution in [-0.4, -0.2) is 55.4 Å². The van der Waals surface area contributed by atoms with E-state index in [0.717, 1.165) is 24.3 Å². The number of amides is 2. The van der Waals surface area contributed by atoms with E-state index >= 15 is 0 Å². The molecule has 0 radical (unpaired) electrons. The summed E-state index contributed by atoms with van der Waals surface area (Å²) in [5.74, 6) is -0.940. The van der Waals surface area contributed by atoms with Gasteiger partial charge in [0.2, 0.25) is 11.8 Å². The summed E-state index contributed by atoms with van der Waals surface area (Å²) in [5, 5.41) is 2.93. The number of para-hydroxylation sites is 1. The highest BCUT2D eigenvalue weighted by Crippen LogP contribution is 2.21. The minimum atomic E-state index is -0.557. The number of carbonyl (C=O) groups is 3. The summed E-state index contributed by atoms with van der Waals surface area (Å²) >= 11 is 0. The van der Waals surface area contributed by atoms with Gasteiger partial charge < -0.3 is 19.9 Å². The van der Waals surface area contributed by atoms with Crippen LogP contribution in [0.25, 0.3) is 0 Å². The van der Waals surface area contributed by atoms with Crippen LogP contribution in [0.1, 0.15) is 37.4 Å². The number of ether oxygens (including phenoxy) is 1. The lowest BCUT2D eigenvalue weighted by Crippen LogP contribution is -2.49. The van der Waals surface area contributed by atoms with Crippen LogP contribution >= 0.6 is 0 Å². The monoisotopic (exact) mass is 475 g/mol. The third kappa shape index (κ3) is 6.94. The quantitative estimate of drug-likeness (QED) is 0.541. The second-order valence-electron chi connectivity index (χ2n) is 8.98. The molecule has 2 atom stereocenters. The summed E-state index contributed by atoms with van der Waals surface area (Å²) in [4.78, 5) is 42.6. The average molecular weight is 476 g/mol. The number of esters is 1. The van der Waals surface area contributed by atoms with E-state index in [1.54, 1.807) is 0 Å². The van der Waals surface area contributed by atoms with E-state index in [0.29, 0.717) is 25.9 Å². The van der Waals surface area contributed by atoms with Gasteiger partial charge in [-0.25, -0.2) is 0 Å². The lowest BCUT2D eigenvalue weighted by Gasteiger charge is -2.36. The van der Waals surface area contributed by atoms with Crippen molar-refractivity contribution in [3.8, 4) is 0 Å². The van der Waals surface area contributed by atoms with Crippen LogP contribution in [0.4, 0.5) is 5.69 Å². The smallest absolute Gasteiger partial charge is 0.306 e. The van der Waals surface area contributed by atoms with Crippen molar-refractivity contribution in [2.45, 2.75) is 31.8 Å². The SMILES string of the molecule is O=C1CCC=CC[C@@H](CC(=O)N2CCN(c3ccccc3)CC2)C(=O)NC[C@@H](c2ccccc2)O1. The molecule has 2 aliphatic heterocycles. The Morgan fingerprint density at radius 2 is 1.60 bits per heavy atom. The first-order valence-corrected chi connectivity index (χ1v) is 12.3. The third-order valence-corrected chi connectivity index (χ3v) is 6.55. The molecule has 4 rings (SSSR count). The van der Waals surface area contributed by atoms with Gasteiger partial charge in [0.1, 0.15) is 6.10 Å². The largest absolute Gasteiger partial charge is 0.456 e. The van der Waals surface area contributed by atoms with Gasteiger partial charge in [-0.3, -0.25) is 14.4 Å². The lowest BCUT2D eigenvalue weighted by molar-refractivity contribution is -0.150. The van der Waals surface area contributed by atoms with Crippen LogP contribution in [0.15, 0.2) is 72.8 Å². The molecule has 7 nitrogen and oxygen atoms in total. The van der Waals surface area contributed by atoms with Crippen LogP contribution in [0.2, 0.25) is 0 Å². The molecule has 1 N–H and O–H groups in total. The second kappa shape index (κ2) is 12.2. The molecule has 0 spiro atoms. The normalized spacial score (nSPS) is 21.9. The first-order chi connectivity index (χ1) is 17.1. The molecule has 2 aromatic rings. The van der Waals surface area contributed by atoms with E-state index < -0.39 is 12.0 Å². The Morgan fingerprint density at radius 3 is 2.31 bits per heavy atom. The van der Waals surface area contributed by atoms with E-state index in [1.807, 2.05) is 65.6 Å². The molecule has 0 saturated carbocycles. The van der Waals surface area contributed by atoms with Gasteiger partial charge in [0.25, 0.3) is 0 Å². The summed E-state index contributed by atoms with van der Waals surface area (Å²) in [6, 6.07) is 19.6. The van der Waals surface area contributed by atoms with Crippen molar-refractivity contribution in [1.29, 1.82) is 0 Å². The predicted octanol–water partition coefficient (Wildman–Crippen LogP) is 3.48. The van der Waals surface area contributed by atoms with Gasteiger partial charge >= 0.3 is 5.97 Å². The maximum absolute atomic E-state index is 13.1. The van der Waals surface area contributed by atoms with Crippen molar-refractivity contribution < 1.29 is 19.1 Å². The number of hydrogen-bond donors (Lipinski definition) is 1. The van der Waals surface area contributed by atoms with Crippen LogP contribution in [0.5, 0.6) is 0 Å². The van der Waals surface area contributed by atoms with Crippen molar-refractivity contribution >= 4 is 23.5 Å². The van der Waals surface area contributed by atoms with Crippen LogP contribution in [0.3, 0.4) is 0 Å². The molecule has 1 saturated heterocycles. The number of anilines is 1. The van der Waals surface area contributed by atoms with Gasteiger partial charge in [0, 0.05) is 44.7 Å². The average Bonchev–Trinajstić information content (AvgIpc) is 2.90. The highest BCUT2D eigenvalue weighted by atomic mass is 16.5. The molecule has 0 bridgehead atoms. The fourth-order valence-electron chi connectivity index (χ4n) is 4.51. The number of nitrogens with one attached hydrogen (secondary N) is 1. The Bertz CT molecular complexity index is 1020. The number of rotatable bonds is 4. The number of nitrogens with zero attached hydrogens (tertiary/aromatic N) is 2. The minimum Gasteiger partial charge on any atom is -0.456 e. The molecular weight excluding hydrogens is 442 g/mol. The van der Waals surface area contributed by atoms with Gasteiger partial charge in [-0.2, -0.15) is 0 Å². The molecule has 0 aliphatic carbocycles. The molecule has 2 heterocycles. The number of benzene rings is 2. The summed E-state index contributed by atoms with van der Waals surface area (Å²) in [5.41, 5.74) is 2.00. The molecule has 184 valence electrons. The summed E-state index contributed by atoms with van der Waals surface area (Å²) in [7, 11) is 0.